The van der Waals surface area contributed by atoms with Crippen LogP contribution in [-0.2, 0) is 13.6 Å². The Morgan fingerprint density at radius 2 is 2.33 bits per heavy atom. The molecule has 0 spiro atoms. The minimum Gasteiger partial charge on any atom is -0.392 e. The average molecular weight is 211 g/mol. The van der Waals surface area contributed by atoms with Gasteiger partial charge in [0, 0.05) is 26.3 Å². The molecule has 0 aliphatic rings. The standard InChI is InChI=1S/C11H21N3O/c1-4-9(2)11(15)8-12-7-10-5-6-13-14(10)3/h5-6,9,11-12,15H,4,7-8H2,1-3H3. The first-order chi connectivity index (χ1) is 7.15. The zero-order chi connectivity index (χ0) is 11.3. The Labute approximate surface area is 91.3 Å². The fourth-order valence-corrected chi connectivity index (χ4v) is 1.40. The summed E-state index contributed by atoms with van der Waals surface area (Å²) in [6.45, 7) is 5.55. The van der Waals surface area contributed by atoms with Crippen LogP contribution in [0.2, 0.25) is 0 Å². The second-order valence-corrected chi connectivity index (χ2v) is 4.03. The molecule has 0 radical (unpaired) electrons. The third-order valence-electron chi connectivity index (χ3n) is 2.88. The molecule has 0 aromatic carbocycles. The van der Waals surface area contributed by atoms with Crippen molar-refractivity contribution in [2.24, 2.45) is 13.0 Å². The van der Waals surface area contributed by atoms with Gasteiger partial charge in [0.05, 0.1) is 11.8 Å². The van der Waals surface area contributed by atoms with Crippen LogP contribution >= 0.6 is 0 Å². The Bertz CT molecular complexity index is 285. The highest BCUT2D eigenvalue weighted by molar-refractivity contribution is 4.99. The van der Waals surface area contributed by atoms with Crippen LogP contribution in [0.15, 0.2) is 12.3 Å². The van der Waals surface area contributed by atoms with Gasteiger partial charge in [-0.3, -0.25) is 4.68 Å². The number of aryl methyl sites for hydroxylation is 1. The number of aliphatic hydroxyl groups excluding tert-OH is 1. The monoisotopic (exact) mass is 211 g/mol. The Hall–Kier alpha value is -0.870. The summed E-state index contributed by atoms with van der Waals surface area (Å²) in [5.74, 6) is 0.351. The summed E-state index contributed by atoms with van der Waals surface area (Å²) in [4.78, 5) is 0. The number of rotatable bonds is 6. The minimum atomic E-state index is -0.261. The van der Waals surface area contributed by atoms with Gasteiger partial charge in [0.25, 0.3) is 0 Å². The fourth-order valence-electron chi connectivity index (χ4n) is 1.40. The van der Waals surface area contributed by atoms with Crippen molar-refractivity contribution in [3.63, 3.8) is 0 Å². The van der Waals surface area contributed by atoms with E-state index >= 15 is 0 Å². The van der Waals surface area contributed by atoms with Gasteiger partial charge in [-0.2, -0.15) is 5.10 Å². The molecular formula is C11H21N3O. The molecule has 1 aromatic heterocycles. The molecule has 2 N–H and O–H groups in total. The molecule has 0 bridgehead atoms. The Morgan fingerprint density at radius 1 is 1.60 bits per heavy atom. The predicted molar refractivity (Wildman–Crippen MR) is 60.4 cm³/mol. The van der Waals surface area contributed by atoms with Crippen LogP contribution in [0.5, 0.6) is 0 Å². The van der Waals surface area contributed by atoms with Crippen LogP contribution < -0.4 is 5.32 Å². The largest absolute Gasteiger partial charge is 0.392 e. The van der Waals surface area contributed by atoms with Crippen LogP contribution in [0.25, 0.3) is 0 Å². The highest BCUT2D eigenvalue weighted by Gasteiger charge is 2.11. The van der Waals surface area contributed by atoms with Crippen LogP contribution in [0.1, 0.15) is 26.0 Å². The van der Waals surface area contributed by atoms with E-state index in [1.165, 1.54) is 0 Å². The molecule has 4 nitrogen and oxygen atoms in total. The van der Waals surface area contributed by atoms with Gasteiger partial charge in [-0.1, -0.05) is 20.3 Å². The molecular weight excluding hydrogens is 190 g/mol. The quantitative estimate of drug-likeness (QED) is 0.735. The van der Waals surface area contributed by atoms with E-state index in [0.717, 1.165) is 18.7 Å². The molecule has 1 aromatic rings. The highest BCUT2D eigenvalue weighted by Crippen LogP contribution is 2.06. The van der Waals surface area contributed by atoms with Gasteiger partial charge in [-0.25, -0.2) is 0 Å². The number of aliphatic hydroxyl groups is 1. The van der Waals surface area contributed by atoms with Gasteiger partial charge < -0.3 is 10.4 Å². The first-order valence-electron chi connectivity index (χ1n) is 5.50. The van der Waals surface area contributed by atoms with E-state index in [1.54, 1.807) is 6.20 Å². The summed E-state index contributed by atoms with van der Waals surface area (Å²) in [5.41, 5.74) is 1.13. The lowest BCUT2D eigenvalue weighted by Crippen LogP contribution is -2.31. The third-order valence-corrected chi connectivity index (χ3v) is 2.88. The van der Waals surface area contributed by atoms with Crippen LogP contribution in [0.3, 0.4) is 0 Å². The van der Waals surface area contributed by atoms with Crippen LogP contribution in [-0.4, -0.2) is 27.5 Å². The lowest BCUT2D eigenvalue weighted by molar-refractivity contribution is 0.112. The first kappa shape index (κ1) is 12.2. The summed E-state index contributed by atoms with van der Waals surface area (Å²) in [6, 6.07) is 1.97. The van der Waals surface area contributed by atoms with E-state index in [0.29, 0.717) is 12.5 Å². The zero-order valence-corrected chi connectivity index (χ0v) is 9.77. The van der Waals surface area contributed by atoms with Gasteiger partial charge in [0.15, 0.2) is 0 Å². The zero-order valence-electron chi connectivity index (χ0n) is 9.77. The van der Waals surface area contributed by atoms with E-state index < -0.39 is 0 Å². The molecule has 0 aliphatic heterocycles. The van der Waals surface area contributed by atoms with Gasteiger partial charge in [-0.05, 0) is 12.0 Å². The molecule has 86 valence electrons. The number of nitrogens with one attached hydrogen (secondary N) is 1. The Balaban J connectivity index is 2.25. The third kappa shape index (κ3) is 3.64. The fraction of sp³-hybridized carbons (Fsp3) is 0.727. The van der Waals surface area contributed by atoms with Gasteiger partial charge >= 0.3 is 0 Å². The molecule has 0 saturated carbocycles. The normalized spacial score (nSPS) is 15.2. The van der Waals surface area contributed by atoms with Crippen molar-refractivity contribution in [1.82, 2.24) is 15.1 Å². The Kier molecular flexibility index (Phi) is 4.78. The lowest BCUT2D eigenvalue weighted by Gasteiger charge is -2.17. The molecule has 1 rings (SSSR count). The van der Waals surface area contributed by atoms with E-state index in [2.05, 4.69) is 24.3 Å². The lowest BCUT2D eigenvalue weighted by atomic mass is 10.0. The van der Waals surface area contributed by atoms with Crippen molar-refractivity contribution >= 4 is 0 Å². The van der Waals surface area contributed by atoms with E-state index in [-0.39, 0.29) is 6.10 Å². The maximum Gasteiger partial charge on any atom is 0.0690 e. The molecule has 1 heterocycles. The number of aromatic nitrogens is 2. The topological polar surface area (TPSA) is 50.1 Å². The van der Waals surface area contributed by atoms with Gasteiger partial charge in [0.2, 0.25) is 0 Å². The number of hydrogen-bond donors (Lipinski definition) is 2. The maximum absolute atomic E-state index is 9.73. The summed E-state index contributed by atoms with van der Waals surface area (Å²) in [5, 5.41) is 17.0. The van der Waals surface area contributed by atoms with Crippen molar-refractivity contribution in [1.29, 1.82) is 0 Å². The minimum absolute atomic E-state index is 0.261. The SMILES string of the molecule is CCC(C)C(O)CNCc1ccnn1C. The van der Waals surface area contributed by atoms with Crippen molar-refractivity contribution in [2.75, 3.05) is 6.54 Å². The molecule has 0 aliphatic carbocycles. The smallest absolute Gasteiger partial charge is 0.0690 e. The van der Waals surface area contributed by atoms with E-state index in [1.807, 2.05) is 17.8 Å². The number of nitrogens with zero attached hydrogens (tertiary/aromatic N) is 2. The van der Waals surface area contributed by atoms with Gasteiger partial charge in [-0.15, -0.1) is 0 Å². The molecule has 2 atom stereocenters. The predicted octanol–water partition coefficient (Wildman–Crippen LogP) is 0.917. The molecule has 0 fully saturated rings. The Morgan fingerprint density at radius 3 is 2.87 bits per heavy atom. The van der Waals surface area contributed by atoms with Crippen molar-refractivity contribution in [3.8, 4) is 0 Å². The second-order valence-electron chi connectivity index (χ2n) is 4.03. The molecule has 0 amide bonds. The molecule has 4 heteroatoms. The molecule has 2 unspecified atom stereocenters. The highest BCUT2D eigenvalue weighted by atomic mass is 16.3. The van der Waals surface area contributed by atoms with Crippen LogP contribution in [0.4, 0.5) is 0 Å². The first-order valence-corrected chi connectivity index (χ1v) is 5.50. The van der Waals surface area contributed by atoms with E-state index in [9.17, 15) is 5.11 Å². The van der Waals surface area contributed by atoms with Crippen molar-refractivity contribution < 1.29 is 5.11 Å². The summed E-state index contributed by atoms with van der Waals surface area (Å²) < 4.78 is 1.84. The second kappa shape index (κ2) is 5.88. The van der Waals surface area contributed by atoms with Crippen LogP contribution in [0, 0.1) is 5.92 Å². The summed E-state index contributed by atoms with van der Waals surface area (Å²) >= 11 is 0. The van der Waals surface area contributed by atoms with Gasteiger partial charge in [0.1, 0.15) is 0 Å². The summed E-state index contributed by atoms with van der Waals surface area (Å²) in [6.07, 6.45) is 2.53. The van der Waals surface area contributed by atoms with Crippen molar-refractivity contribution in [3.05, 3.63) is 18.0 Å². The number of hydrogen-bond acceptors (Lipinski definition) is 3. The maximum atomic E-state index is 9.73. The van der Waals surface area contributed by atoms with E-state index in [4.69, 9.17) is 0 Å². The van der Waals surface area contributed by atoms with Crippen molar-refractivity contribution in [2.45, 2.75) is 32.9 Å². The average Bonchev–Trinajstić information content (AvgIpc) is 2.63. The summed E-state index contributed by atoms with van der Waals surface area (Å²) in [7, 11) is 1.92. The molecule has 0 saturated heterocycles. The molecule has 15 heavy (non-hydrogen) atoms.